The monoisotopic (exact) mass is 206 g/mol. The Balaban J connectivity index is 2.27. The molecule has 84 valence electrons. The van der Waals surface area contributed by atoms with Crippen molar-refractivity contribution < 1.29 is 5.11 Å². The van der Waals surface area contributed by atoms with E-state index in [4.69, 9.17) is 0 Å². The zero-order chi connectivity index (χ0) is 10.9. The second kappa shape index (κ2) is 7.54. The molecule has 0 aromatic rings. The second-order valence-corrected chi connectivity index (χ2v) is 4.21. The fourth-order valence-electron chi connectivity index (χ4n) is 1.84. The van der Waals surface area contributed by atoms with Gasteiger partial charge in [-0.05, 0) is 37.7 Å². The molecule has 0 saturated heterocycles. The van der Waals surface area contributed by atoms with E-state index in [1.807, 2.05) is 0 Å². The maximum absolute atomic E-state index is 9.79. The molecule has 0 fully saturated rings. The molecule has 0 aromatic heterocycles. The first-order chi connectivity index (χ1) is 7.34. The lowest BCUT2D eigenvalue weighted by Gasteiger charge is -2.13. The summed E-state index contributed by atoms with van der Waals surface area (Å²) in [7, 11) is 0. The van der Waals surface area contributed by atoms with Gasteiger partial charge >= 0.3 is 0 Å². The summed E-state index contributed by atoms with van der Waals surface area (Å²) in [6, 6.07) is 0. The van der Waals surface area contributed by atoms with Crippen molar-refractivity contribution in [3.05, 3.63) is 11.6 Å². The SMILES string of the molecule is CCCCCC#CC(O)C1=CCCCC1. The third kappa shape index (κ3) is 5.04. The standard InChI is InChI=1S/C14H22O/c1-2-3-4-5-9-12-14(15)13-10-7-6-8-11-13/h10,14-15H,2-8,11H2,1H3. The predicted molar refractivity (Wildman–Crippen MR) is 64.5 cm³/mol. The van der Waals surface area contributed by atoms with E-state index in [0.29, 0.717) is 0 Å². The minimum Gasteiger partial charge on any atom is -0.376 e. The van der Waals surface area contributed by atoms with Crippen molar-refractivity contribution in [3.63, 3.8) is 0 Å². The molecule has 1 rings (SSSR count). The summed E-state index contributed by atoms with van der Waals surface area (Å²) in [5.41, 5.74) is 1.14. The van der Waals surface area contributed by atoms with Crippen molar-refractivity contribution >= 4 is 0 Å². The van der Waals surface area contributed by atoms with Crippen LogP contribution in [0.5, 0.6) is 0 Å². The topological polar surface area (TPSA) is 20.2 Å². The number of rotatable bonds is 4. The number of unbranched alkanes of at least 4 members (excludes halogenated alkanes) is 3. The highest BCUT2D eigenvalue weighted by Gasteiger charge is 2.09. The average molecular weight is 206 g/mol. The number of aliphatic hydroxyl groups excluding tert-OH is 1. The highest BCUT2D eigenvalue weighted by molar-refractivity contribution is 5.22. The highest BCUT2D eigenvalue weighted by Crippen LogP contribution is 2.19. The van der Waals surface area contributed by atoms with Gasteiger partial charge in [-0.25, -0.2) is 0 Å². The van der Waals surface area contributed by atoms with Crippen molar-refractivity contribution in [2.45, 2.75) is 64.4 Å². The summed E-state index contributed by atoms with van der Waals surface area (Å²) in [6.07, 6.45) is 10.9. The molecule has 15 heavy (non-hydrogen) atoms. The number of aliphatic hydroxyl groups is 1. The van der Waals surface area contributed by atoms with E-state index < -0.39 is 6.10 Å². The lowest BCUT2D eigenvalue weighted by atomic mass is 9.95. The Bertz CT molecular complexity index is 254. The number of allylic oxidation sites excluding steroid dienone is 1. The fourth-order valence-corrected chi connectivity index (χ4v) is 1.84. The average Bonchev–Trinajstić information content (AvgIpc) is 2.30. The van der Waals surface area contributed by atoms with Gasteiger partial charge in [-0.3, -0.25) is 0 Å². The zero-order valence-electron chi connectivity index (χ0n) is 9.76. The van der Waals surface area contributed by atoms with Crippen LogP contribution in [0.25, 0.3) is 0 Å². The largest absolute Gasteiger partial charge is 0.376 e. The van der Waals surface area contributed by atoms with E-state index in [0.717, 1.165) is 31.3 Å². The Kier molecular flexibility index (Phi) is 6.20. The smallest absolute Gasteiger partial charge is 0.136 e. The molecule has 1 atom stereocenters. The third-order valence-corrected chi connectivity index (χ3v) is 2.82. The first kappa shape index (κ1) is 12.3. The van der Waals surface area contributed by atoms with E-state index in [1.165, 1.54) is 25.7 Å². The Morgan fingerprint density at radius 1 is 1.40 bits per heavy atom. The van der Waals surface area contributed by atoms with E-state index in [-0.39, 0.29) is 0 Å². The molecule has 0 amide bonds. The van der Waals surface area contributed by atoms with Crippen molar-refractivity contribution in [1.82, 2.24) is 0 Å². The van der Waals surface area contributed by atoms with Gasteiger partial charge in [0, 0.05) is 6.42 Å². The lowest BCUT2D eigenvalue weighted by Crippen LogP contribution is -2.09. The number of hydrogen-bond acceptors (Lipinski definition) is 1. The summed E-state index contributed by atoms with van der Waals surface area (Å²) >= 11 is 0. The number of hydrogen-bond donors (Lipinski definition) is 1. The molecule has 0 saturated carbocycles. The lowest BCUT2D eigenvalue weighted by molar-refractivity contribution is 0.260. The Labute approximate surface area is 93.6 Å². The third-order valence-electron chi connectivity index (χ3n) is 2.82. The molecule has 1 aliphatic carbocycles. The van der Waals surface area contributed by atoms with Gasteiger partial charge in [0.1, 0.15) is 6.10 Å². The molecular weight excluding hydrogens is 184 g/mol. The predicted octanol–water partition coefficient (Wildman–Crippen LogP) is 3.43. The van der Waals surface area contributed by atoms with Crippen LogP contribution in [0.1, 0.15) is 58.3 Å². The maximum atomic E-state index is 9.79. The van der Waals surface area contributed by atoms with Crippen LogP contribution in [0.4, 0.5) is 0 Å². The Hall–Kier alpha value is -0.740. The van der Waals surface area contributed by atoms with Gasteiger partial charge < -0.3 is 5.11 Å². The maximum Gasteiger partial charge on any atom is 0.136 e. The van der Waals surface area contributed by atoms with Crippen LogP contribution >= 0.6 is 0 Å². The van der Waals surface area contributed by atoms with Gasteiger partial charge in [0.25, 0.3) is 0 Å². The molecule has 0 spiro atoms. The highest BCUT2D eigenvalue weighted by atomic mass is 16.3. The summed E-state index contributed by atoms with van der Waals surface area (Å²) in [6.45, 7) is 2.19. The van der Waals surface area contributed by atoms with Gasteiger partial charge in [0.15, 0.2) is 0 Å². The summed E-state index contributed by atoms with van der Waals surface area (Å²) < 4.78 is 0. The summed E-state index contributed by atoms with van der Waals surface area (Å²) in [5.74, 6) is 6.02. The molecule has 0 heterocycles. The van der Waals surface area contributed by atoms with Crippen LogP contribution in [-0.4, -0.2) is 11.2 Å². The van der Waals surface area contributed by atoms with Gasteiger partial charge in [-0.1, -0.05) is 31.8 Å². The second-order valence-electron chi connectivity index (χ2n) is 4.21. The van der Waals surface area contributed by atoms with Crippen molar-refractivity contribution in [2.24, 2.45) is 0 Å². The Morgan fingerprint density at radius 3 is 2.93 bits per heavy atom. The van der Waals surface area contributed by atoms with Gasteiger partial charge in [0.2, 0.25) is 0 Å². The molecule has 1 nitrogen and oxygen atoms in total. The quantitative estimate of drug-likeness (QED) is 0.424. The van der Waals surface area contributed by atoms with Crippen LogP contribution in [-0.2, 0) is 0 Å². The molecule has 0 aliphatic heterocycles. The van der Waals surface area contributed by atoms with E-state index in [9.17, 15) is 5.11 Å². The fraction of sp³-hybridized carbons (Fsp3) is 0.714. The van der Waals surface area contributed by atoms with Gasteiger partial charge in [0.05, 0.1) is 0 Å². The van der Waals surface area contributed by atoms with Crippen LogP contribution in [0.3, 0.4) is 0 Å². The minimum atomic E-state index is -0.494. The van der Waals surface area contributed by atoms with E-state index >= 15 is 0 Å². The van der Waals surface area contributed by atoms with E-state index in [1.54, 1.807) is 0 Å². The molecule has 1 aliphatic rings. The molecule has 0 aromatic carbocycles. The molecule has 1 heteroatoms. The minimum absolute atomic E-state index is 0.494. The molecule has 1 N–H and O–H groups in total. The molecule has 1 unspecified atom stereocenters. The molecule has 0 bridgehead atoms. The van der Waals surface area contributed by atoms with Crippen LogP contribution < -0.4 is 0 Å². The first-order valence-corrected chi connectivity index (χ1v) is 6.20. The van der Waals surface area contributed by atoms with Gasteiger partial charge in [-0.15, -0.1) is 5.92 Å². The van der Waals surface area contributed by atoms with Crippen molar-refractivity contribution in [1.29, 1.82) is 0 Å². The Morgan fingerprint density at radius 2 is 2.27 bits per heavy atom. The molecular formula is C14H22O. The van der Waals surface area contributed by atoms with Crippen molar-refractivity contribution in [2.75, 3.05) is 0 Å². The first-order valence-electron chi connectivity index (χ1n) is 6.20. The summed E-state index contributed by atoms with van der Waals surface area (Å²) in [4.78, 5) is 0. The van der Waals surface area contributed by atoms with Crippen molar-refractivity contribution in [3.8, 4) is 11.8 Å². The van der Waals surface area contributed by atoms with E-state index in [2.05, 4.69) is 24.8 Å². The van der Waals surface area contributed by atoms with Crippen LogP contribution in [0.2, 0.25) is 0 Å². The van der Waals surface area contributed by atoms with Crippen LogP contribution in [0.15, 0.2) is 11.6 Å². The normalized spacial score (nSPS) is 17.6. The van der Waals surface area contributed by atoms with Gasteiger partial charge in [-0.2, -0.15) is 0 Å². The summed E-state index contributed by atoms with van der Waals surface area (Å²) in [5, 5.41) is 9.79. The zero-order valence-corrected chi connectivity index (χ0v) is 9.76. The van der Waals surface area contributed by atoms with Crippen LogP contribution in [0, 0.1) is 11.8 Å². The molecule has 0 radical (unpaired) electrons.